The summed E-state index contributed by atoms with van der Waals surface area (Å²) in [5.74, 6) is 1.79. The van der Waals surface area contributed by atoms with E-state index in [9.17, 15) is 0 Å². The molecule has 0 aromatic carbocycles. The van der Waals surface area contributed by atoms with E-state index in [-0.39, 0.29) is 6.10 Å². The van der Waals surface area contributed by atoms with Crippen molar-refractivity contribution in [2.75, 3.05) is 31.1 Å². The van der Waals surface area contributed by atoms with Gasteiger partial charge in [-0.1, -0.05) is 6.07 Å². The number of hydrogen-bond acceptors (Lipinski definition) is 6. The predicted molar refractivity (Wildman–Crippen MR) is 115 cm³/mol. The molecule has 28 heavy (non-hydrogen) atoms. The molecule has 152 valence electrons. The highest BCUT2D eigenvalue weighted by molar-refractivity contribution is 7.11. The molecule has 0 amide bonds. The molecule has 3 heterocycles. The zero-order chi connectivity index (χ0) is 19.9. The van der Waals surface area contributed by atoms with E-state index >= 15 is 0 Å². The maximum atomic E-state index is 5.60. The van der Waals surface area contributed by atoms with Crippen LogP contribution in [0.15, 0.2) is 23.3 Å². The average Bonchev–Trinajstić information content (AvgIpc) is 3.02. The van der Waals surface area contributed by atoms with Crippen LogP contribution in [0.5, 0.6) is 0 Å². The van der Waals surface area contributed by atoms with Crippen LogP contribution in [0.4, 0.5) is 5.82 Å². The minimum absolute atomic E-state index is 0.249. The normalized spacial score (nSPS) is 17.6. The molecule has 3 rings (SSSR count). The lowest BCUT2D eigenvalue weighted by atomic mass is 10.2. The molecule has 0 bridgehead atoms. The average molecular weight is 403 g/mol. The van der Waals surface area contributed by atoms with Crippen LogP contribution in [0.1, 0.15) is 35.0 Å². The van der Waals surface area contributed by atoms with Crippen molar-refractivity contribution in [2.45, 2.75) is 46.9 Å². The lowest BCUT2D eigenvalue weighted by Gasteiger charge is -2.32. The molecule has 1 unspecified atom stereocenters. The maximum absolute atomic E-state index is 5.60. The highest BCUT2D eigenvalue weighted by atomic mass is 32.1. The number of morpholine rings is 1. The third-order valence-corrected chi connectivity index (χ3v) is 5.69. The highest BCUT2D eigenvalue weighted by Gasteiger charge is 2.17. The van der Waals surface area contributed by atoms with Crippen molar-refractivity contribution in [1.82, 2.24) is 20.6 Å². The van der Waals surface area contributed by atoms with Gasteiger partial charge < -0.3 is 20.3 Å². The fourth-order valence-electron chi connectivity index (χ4n) is 3.01. The van der Waals surface area contributed by atoms with Crippen LogP contribution in [0.3, 0.4) is 0 Å². The minimum atomic E-state index is 0.249. The highest BCUT2D eigenvalue weighted by Crippen LogP contribution is 2.17. The lowest BCUT2D eigenvalue weighted by Crippen LogP contribution is -2.41. The molecule has 0 spiro atoms. The molecule has 2 N–H and O–H groups in total. The number of hydrogen-bond donors (Lipinski definition) is 2. The van der Waals surface area contributed by atoms with Gasteiger partial charge in [-0.05, 0) is 39.3 Å². The van der Waals surface area contributed by atoms with E-state index in [4.69, 9.17) is 4.74 Å². The first kappa shape index (κ1) is 20.5. The second-order valence-electron chi connectivity index (χ2n) is 6.95. The number of anilines is 1. The Morgan fingerprint density at radius 3 is 2.86 bits per heavy atom. The first-order valence-electron chi connectivity index (χ1n) is 9.81. The summed E-state index contributed by atoms with van der Waals surface area (Å²) >= 11 is 1.72. The van der Waals surface area contributed by atoms with E-state index in [0.717, 1.165) is 54.3 Å². The Balaban J connectivity index is 1.57. The Labute approximate surface area is 171 Å². The quantitative estimate of drug-likeness (QED) is 0.572. The number of aliphatic imine (C=N–C) groups is 1. The second-order valence-corrected chi connectivity index (χ2v) is 8.24. The van der Waals surface area contributed by atoms with E-state index in [1.165, 1.54) is 4.88 Å². The van der Waals surface area contributed by atoms with E-state index < -0.39 is 0 Å². The molecule has 0 radical (unpaired) electrons. The van der Waals surface area contributed by atoms with Gasteiger partial charge in [0.2, 0.25) is 0 Å². The Kier molecular flexibility index (Phi) is 7.22. The second kappa shape index (κ2) is 9.84. The summed E-state index contributed by atoms with van der Waals surface area (Å²) in [7, 11) is 0. The monoisotopic (exact) mass is 402 g/mol. The molecule has 1 fully saturated rings. The molecular weight excluding hydrogens is 372 g/mol. The number of thiazole rings is 1. The third-order valence-electron chi connectivity index (χ3n) is 4.62. The van der Waals surface area contributed by atoms with Crippen molar-refractivity contribution in [3.8, 4) is 0 Å². The van der Waals surface area contributed by atoms with Crippen molar-refractivity contribution in [1.29, 1.82) is 0 Å². The number of ether oxygens (including phenoxy) is 1. The summed E-state index contributed by atoms with van der Waals surface area (Å²) in [6.07, 6.45) is 2.16. The summed E-state index contributed by atoms with van der Waals surface area (Å²) in [5, 5.41) is 7.72. The summed E-state index contributed by atoms with van der Waals surface area (Å²) in [6, 6.07) is 4.17. The van der Waals surface area contributed by atoms with Crippen molar-refractivity contribution in [3.63, 3.8) is 0 Å². The fourth-order valence-corrected chi connectivity index (χ4v) is 3.88. The molecule has 2 aromatic rings. The zero-order valence-electron chi connectivity index (χ0n) is 17.2. The van der Waals surface area contributed by atoms with Crippen LogP contribution in [0.2, 0.25) is 0 Å². The molecule has 2 aromatic heterocycles. The zero-order valence-corrected chi connectivity index (χ0v) is 18.0. The number of pyridine rings is 1. The van der Waals surface area contributed by atoms with Crippen LogP contribution < -0.4 is 15.5 Å². The Morgan fingerprint density at radius 1 is 1.36 bits per heavy atom. The lowest BCUT2D eigenvalue weighted by molar-refractivity contribution is 0.0529. The van der Waals surface area contributed by atoms with E-state index in [0.29, 0.717) is 13.1 Å². The smallest absolute Gasteiger partial charge is 0.191 e. The summed E-state index contributed by atoms with van der Waals surface area (Å²) in [6.45, 7) is 12.9. The Bertz CT molecular complexity index is 769. The standard InChI is InChI=1S/C20H30N6OS/c1-5-21-20(24-12-19-25-15(3)16(4)28-19)23-11-17-6-7-18(22-10-17)26-8-9-27-14(2)13-26/h6-7,10,14H,5,8-9,11-13H2,1-4H3,(H2,21,23,24). The van der Waals surface area contributed by atoms with Gasteiger partial charge in [-0.15, -0.1) is 11.3 Å². The van der Waals surface area contributed by atoms with Gasteiger partial charge in [-0.2, -0.15) is 0 Å². The van der Waals surface area contributed by atoms with Crippen molar-refractivity contribution in [2.24, 2.45) is 4.99 Å². The summed E-state index contributed by atoms with van der Waals surface area (Å²) in [4.78, 5) is 17.4. The largest absolute Gasteiger partial charge is 0.375 e. The minimum Gasteiger partial charge on any atom is -0.375 e. The number of aryl methyl sites for hydroxylation is 2. The van der Waals surface area contributed by atoms with Gasteiger partial charge in [0.15, 0.2) is 5.96 Å². The molecular formula is C20H30N6OS. The van der Waals surface area contributed by atoms with Crippen LogP contribution in [-0.2, 0) is 17.8 Å². The number of aromatic nitrogens is 2. The number of nitrogens with zero attached hydrogens (tertiary/aromatic N) is 4. The van der Waals surface area contributed by atoms with E-state index in [2.05, 4.69) is 63.4 Å². The number of nitrogens with one attached hydrogen (secondary N) is 2. The summed E-state index contributed by atoms with van der Waals surface area (Å²) < 4.78 is 5.60. The van der Waals surface area contributed by atoms with Gasteiger partial charge in [0.25, 0.3) is 0 Å². The van der Waals surface area contributed by atoms with Gasteiger partial charge >= 0.3 is 0 Å². The van der Waals surface area contributed by atoms with Crippen molar-refractivity contribution < 1.29 is 4.74 Å². The molecule has 1 saturated heterocycles. The van der Waals surface area contributed by atoms with Gasteiger partial charge in [0, 0.05) is 30.7 Å². The Morgan fingerprint density at radius 2 is 2.21 bits per heavy atom. The molecule has 0 saturated carbocycles. The van der Waals surface area contributed by atoms with Gasteiger partial charge in [-0.25, -0.2) is 15.0 Å². The Hall–Kier alpha value is -2.19. The van der Waals surface area contributed by atoms with Crippen molar-refractivity contribution in [3.05, 3.63) is 39.5 Å². The molecule has 0 aliphatic carbocycles. The van der Waals surface area contributed by atoms with Crippen LogP contribution in [0.25, 0.3) is 0 Å². The van der Waals surface area contributed by atoms with Crippen LogP contribution in [-0.4, -0.2) is 48.3 Å². The van der Waals surface area contributed by atoms with Gasteiger partial charge in [0.1, 0.15) is 10.8 Å². The van der Waals surface area contributed by atoms with Crippen LogP contribution >= 0.6 is 11.3 Å². The SMILES string of the molecule is CCNC(=NCc1ccc(N2CCOC(C)C2)nc1)NCc1nc(C)c(C)s1. The molecule has 1 atom stereocenters. The molecule has 1 aliphatic rings. The summed E-state index contributed by atoms with van der Waals surface area (Å²) in [5.41, 5.74) is 2.19. The third kappa shape index (κ3) is 5.65. The predicted octanol–water partition coefficient (Wildman–Crippen LogP) is 2.64. The van der Waals surface area contributed by atoms with Gasteiger partial charge in [-0.3, -0.25) is 0 Å². The van der Waals surface area contributed by atoms with Gasteiger partial charge in [0.05, 0.1) is 31.5 Å². The van der Waals surface area contributed by atoms with E-state index in [1.807, 2.05) is 13.1 Å². The van der Waals surface area contributed by atoms with Crippen molar-refractivity contribution >= 4 is 23.1 Å². The number of guanidine groups is 1. The molecule has 8 heteroatoms. The van der Waals surface area contributed by atoms with Crippen LogP contribution in [0, 0.1) is 13.8 Å². The molecule has 7 nitrogen and oxygen atoms in total. The fraction of sp³-hybridized carbons (Fsp3) is 0.550. The van der Waals surface area contributed by atoms with E-state index in [1.54, 1.807) is 11.3 Å². The molecule has 1 aliphatic heterocycles. The maximum Gasteiger partial charge on any atom is 0.191 e. The topological polar surface area (TPSA) is 74.7 Å². The number of rotatable bonds is 6. The first-order chi connectivity index (χ1) is 13.5. The first-order valence-corrected chi connectivity index (χ1v) is 10.6.